The molecule has 0 fully saturated rings. The molecule has 4 aromatic carbocycles. The zero-order valence-corrected chi connectivity index (χ0v) is 26.1. The van der Waals surface area contributed by atoms with Gasteiger partial charge in [-0.3, -0.25) is 0 Å². The van der Waals surface area contributed by atoms with Gasteiger partial charge in [0.05, 0.1) is 0 Å². The Labute approximate surface area is 255 Å². The molecule has 4 rings (SSSR count). The standard InChI is InChI=1S/C40H52N2/c1-3-5-7-13-35-27-31(15-21-37(35)29-33-17-23-39(41)24-18-33)11-9-10-12-32-16-22-38(36(28-32)14-8-6-4-2)30-34-19-25-40(42)26-20-34/h15-28H,3-14,29-30,41-42H2,1-2H3. The van der Waals surface area contributed by atoms with Crippen molar-refractivity contribution in [3.63, 3.8) is 0 Å². The first-order valence-corrected chi connectivity index (χ1v) is 16.4. The summed E-state index contributed by atoms with van der Waals surface area (Å²) in [6, 6.07) is 31.2. The molecule has 0 aliphatic rings. The summed E-state index contributed by atoms with van der Waals surface area (Å²) in [7, 11) is 0. The topological polar surface area (TPSA) is 52.0 Å². The van der Waals surface area contributed by atoms with E-state index in [9.17, 15) is 0 Å². The summed E-state index contributed by atoms with van der Waals surface area (Å²) in [5.41, 5.74) is 25.1. The van der Waals surface area contributed by atoms with E-state index < -0.39 is 0 Å². The van der Waals surface area contributed by atoms with E-state index in [2.05, 4.69) is 74.5 Å². The number of hydrogen-bond acceptors (Lipinski definition) is 2. The van der Waals surface area contributed by atoms with Gasteiger partial charge in [0.25, 0.3) is 0 Å². The Bertz CT molecular complexity index is 1240. The number of aryl methyl sites for hydroxylation is 4. The van der Waals surface area contributed by atoms with Crippen LogP contribution in [-0.4, -0.2) is 0 Å². The van der Waals surface area contributed by atoms with Gasteiger partial charge in [-0.05, 0) is 133 Å². The summed E-state index contributed by atoms with van der Waals surface area (Å²) in [5.74, 6) is 0. The highest BCUT2D eigenvalue weighted by Gasteiger charge is 2.09. The highest BCUT2D eigenvalue weighted by atomic mass is 14.5. The molecule has 4 N–H and O–H groups in total. The van der Waals surface area contributed by atoms with Crippen LogP contribution >= 0.6 is 0 Å². The van der Waals surface area contributed by atoms with Gasteiger partial charge in [0.1, 0.15) is 0 Å². The zero-order valence-electron chi connectivity index (χ0n) is 26.1. The van der Waals surface area contributed by atoms with Gasteiger partial charge in [0, 0.05) is 11.4 Å². The van der Waals surface area contributed by atoms with Crippen LogP contribution in [-0.2, 0) is 38.5 Å². The molecule has 0 aliphatic heterocycles. The van der Waals surface area contributed by atoms with Gasteiger partial charge in [-0.1, -0.05) is 100 Å². The first-order valence-electron chi connectivity index (χ1n) is 16.4. The van der Waals surface area contributed by atoms with E-state index in [0.717, 1.165) is 37.1 Å². The normalized spacial score (nSPS) is 11.2. The third-order valence-corrected chi connectivity index (χ3v) is 8.57. The van der Waals surface area contributed by atoms with Crippen molar-refractivity contribution in [3.8, 4) is 0 Å². The van der Waals surface area contributed by atoms with Crippen molar-refractivity contribution in [1.29, 1.82) is 0 Å². The second kappa shape index (κ2) is 16.8. The van der Waals surface area contributed by atoms with Crippen LogP contribution in [0.1, 0.15) is 110 Å². The molecule has 0 radical (unpaired) electrons. The van der Waals surface area contributed by atoms with Gasteiger partial charge >= 0.3 is 0 Å². The predicted molar refractivity (Wildman–Crippen MR) is 183 cm³/mol. The Kier molecular flexibility index (Phi) is 12.6. The van der Waals surface area contributed by atoms with Gasteiger partial charge in [-0.15, -0.1) is 0 Å². The third-order valence-electron chi connectivity index (χ3n) is 8.57. The highest BCUT2D eigenvalue weighted by molar-refractivity contribution is 5.43. The van der Waals surface area contributed by atoms with E-state index in [0.29, 0.717) is 0 Å². The van der Waals surface area contributed by atoms with E-state index in [4.69, 9.17) is 11.5 Å². The molecule has 2 heteroatoms. The summed E-state index contributed by atoms with van der Waals surface area (Å²) < 4.78 is 0. The summed E-state index contributed by atoms with van der Waals surface area (Å²) in [6.07, 6.45) is 16.7. The molecule has 0 unspecified atom stereocenters. The molecular weight excluding hydrogens is 508 g/mol. The Hall–Kier alpha value is -3.52. The second-order valence-electron chi connectivity index (χ2n) is 12.2. The Morgan fingerprint density at radius 3 is 1.12 bits per heavy atom. The third kappa shape index (κ3) is 10.1. The molecular formula is C40H52N2. The average Bonchev–Trinajstić information content (AvgIpc) is 3.00. The average molecular weight is 561 g/mol. The van der Waals surface area contributed by atoms with Crippen LogP contribution in [0.3, 0.4) is 0 Å². The van der Waals surface area contributed by atoms with E-state index in [-0.39, 0.29) is 0 Å². The van der Waals surface area contributed by atoms with E-state index >= 15 is 0 Å². The lowest BCUT2D eigenvalue weighted by Gasteiger charge is -2.14. The monoisotopic (exact) mass is 560 g/mol. The molecule has 4 aromatic rings. The molecule has 0 atom stereocenters. The van der Waals surface area contributed by atoms with Gasteiger partial charge in [-0.25, -0.2) is 0 Å². The fourth-order valence-electron chi connectivity index (χ4n) is 5.98. The Morgan fingerprint density at radius 2 is 0.738 bits per heavy atom. The van der Waals surface area contributed by atoms with Gasteiger partial charge in [0.2, 0.25) is 0 Å². The lowest BCUT2D eigenvalue weighted by molar-refractivity contribution is 0.707. The summed E-state index contributed by atoms with van der Waals surface area (Å²) in [5, 5.41) is 0. The summed E-state index contributed by atoms with van der Waals surface area (Å²) in [6.45, 7) is 4.57. The largest absolute Gasteiger partial charge is 0.399 e. The minimum absolute atomic E-state index is 0.832. The van der Waals surface area contributed by atoms with Crippen LogP contribution in [0, 0.1) is 0 Å². The predicted octanol–water partition coefficient (Wildman–Crippen LogP) is 10.1. The zero-order chi connectivity index (χ0) is 29.6. The van der Waals surface area contributed by atoms with E-state index in [1.165, 1.54) is 109 Å². The van der Waals surface area contributed by atoms with Gasteiger partial charge < -0.3 is 11.5 Å². The van der Waals surface area contributed by atoms with E-state index in [1.807, 2.05) is 24.3 Å². The van der Waals surface area contributed by atoms with Crippen molar-refractivity contribution in [2.24, 2.45) is 0 Å². The number of nitrogen functional groups attached to an aromatic ring is 2. The number of anilines is 2. The van der Waals surface area contributed by atoms with Crippen molar-refractivity contribution >= 4 is 11.4 Å². The number of benzene rings is 4. The fourth-order valence-corrected chi connectivity index (χ4v) is 5.98. The molecule has 0 spiro atoms. The van der Waals surface area contributed by atoms with E-state index in [1.54, 1.807) is 0 Å². The van der Waals surface area contributed by atoms with Gasteiger partial charge in [0.15, 0.2) is 0 Å². The van der Waals surface area contributed by atoms with Crippen LogP contribution in [0.4, 0.5) is 11.4 Å². The molecule has 2 nitrogen and oxygen atoms in total. The number of nitrogens with two attached hydrogens (primary N) is 2. The van der Waals surface area contributed by atoms with Gasteiger partial charge in [-0.2, -0.15) is 0 Å². The Morgan fingerprint density at radius 1 is 0.381 bits per heavy atom. The molecule has 42 heavy (non-hydrogen) atoms. The minimum atomic E-state index is 0.832. The summed E-state index contributed by atoms with van der Waals surface area (Å²) in [4.78, 5) is 0. The lowest BCUT2D eigenvalue weighted by Crippen LogP contribution is -2.00. The first kappa shape index (κ1) is 31.4. The Balaban J connectivity index is 1.36. The highest BCUT2D eigenvalue weighted by Crippen LogP contribution is 2.23. The molecule has 0 saturated carbocycles. The van der Waals surface area contributed by atoms with Crippen LogP contribution in [0.2, 0.25) is 0 Å². The minimum Gasteiger partial charge on any atom is -0.399 e. The molecule has 0 aliphatic carbocycles. The van der Waals surface area contributed by atoms with Crippen LogP contribution in [0.15, 0.2) is 84.9 Å². The number of hydrogen-bond donors (Lipinski definition) is 2. The molecule has 0 aromatic heterocycles. The smallest absolute Gasteiger partial charge is 0.0314 e. The molecule has 0 saturated heterocycles. The summed E-state index contributed by atoms with van der Waals surface area (Å²) >= 11 is 0. The molecule has 0 bridgehead atoms. The van der Waals surface area contributed by atoms with Crippen molar-refractivity contribution < 1.29 is 0 Å². The van der Waals surface area contributed by atoms with Crippen LogP contribution < -0.4 is 11.5 Å². The van der Waals surface area contributed by atoms with Crippen molar-refractivity contribution in [2.75, 3.05) is 11.5 Å². The maximum Gasteiger partial charge on any atom is 0.0314 e. The number of unbranched alkanes of at least 4 members (excludes halogenated alkanes) is 5. The van der Waals surface area contributed by atoms with Crippen molar-refractivity contribution in [3.05, 3.63) is 129 Å². The maximum absolute atomic E-state index is 5.91. The quantitative estimate of drug-likeness (QED) is 0.0997. The molecule has 222 valence electrons. The number of rotatable bonds is 17. The van der Waals surface area contributed by atoms with Crippen LogP contribution in [0.25, 0.3) is 0 Å². The van der Waals surface area contributed by atoms with Crippen LogP contribution in [0.5, 0.6) is 0 Å². The molecule has 0 amide bonds. The second-order valence-corrected chi connectivity index (χ2v) is 12.2. The first-order chi connectivity index (χ1) is 20.5. The van der Waals surface area contributed by atoms with Crippen molar-refractivity contribution in [1.82, 2.24) is 0 Å². The SMILES string of the molecule is CCCCCc1cc(CCCCc2ccc(Cc3ccc(N)cc3)c(CCCCC)c2)ccc1Cc1ccc(N)cc1. The maximum atomic E-state index is 5.91. The molecule has 0 heterocycles. The lowest BCUT2D eigenvalue weighted by atomic mass is 9.92. The fraction of sp³-hybridized carbons (Fsp3) is 0.400. The van der Waals surface area contributed by atoms with Crippen molar-refractivity contribution in [2.45, 2.75) is 104 Å².